The van der Waals surface area contributed by atoms with Gasteiger partial charge in [-0.25, -0.2) is 8.42 Å². The highest BCUT2D eigenvalue weighted by atomic mass is 32.2. The van der Waals surface area contributed by atoms with Crippen LogP contribution in [0.3, 0.4) is 0 Å². The molecule has 5 heteroatoms. The summed E-state index contributed by atoms with van der Waals surface area (Å²) in [4.78, 5) is 0.315. The van der Waals surface area contributed by atoms with E-state index < -0.39 is 10.0 Å². The van der Waals surface area contributed by atoms with Gasteiger partial charge < -0.3 is 5.11 Å². The molecular weight excluding hydrogens is 286 g/mol. The maximum Gasteiger partial charge on any atom is 0.243 e. The number of hydrogen-bond acceptors (Lipinski definition) is 3. The van der Waals surface area contributed by atoms with Crippen molar-refractivity contribution < 1.29 is 13.5 Å². The third-order valence-electron chi connectivity index (χ3n) is 3.63. The van der Waals surface area contributed by atoms with Gasteiger partial charge >= 0.3 is 0 Å². The van der Waals surface area contributed by atoms with Gasteiger partial charge in [-0.15, -0.1) is 0 Å². The number of nitrogens with zero attached hydrogens (tertiary/aromatic N) is 1. The molecule has 0 aliphatic heterocycles. The Morgan fingerprint density at radius 3 is 2.67 bits per heavy atom. The van der Waals surface area contributed by atoms with Crippen LogP contribution < -0.4 is 0 Å². The van der Waals surface area contributed by atoms with Crippen LogP contribution in [0, 0.1) is 24.7 Å². The first-order chi connectivity index (χ1) is 9.98. The molecule has 1 aliphatic rings. The normalized spacial score (nSPS) is 14.9. The first kappa shape index (κ1) is 16.0. The lowest BCUT2D eigenvalue weighted by atomic mass is 10.1. The smallest absolute Gasteiger partial charge is 0.243 e. The minimum Gasteiger partial charge on any atom is -0.384 e. The summed E-state index contributed by atoms with van der Waals surface area (Å²) < 4.78 is 27.2. The minimum absolute atomic E-state index is 0.237. The SMILES string of the molecule is CCN(CC1CC1)S(=O)(=O)c1cc(C#CCO)ccc1C. The van der Waals surface area contributed by atoms with Gasteiger partial charge in [-0.3, -0.25) is 0 Å². The molecule has 1 aromatic rings. The van der Waals surface area contributed by atoms with E-state index in [0.717, 1.165) is 18.4 Å². The van der Waals surface area contributed by atoms with Gasteiger partial charge in [0, 0.05) is 18.7 Å². The molecule has 0 bridgehead atoms. The molecule has 1 aliphatic carbocycles. The highest BCUT2D eigenvalue weighted by Crippen LogP contribution is 2.32. The van der Waals surface area contributed by atoms with Gasteiger partial charge in [0.2, 0.25) is 10.0 Å². The van der Waals surface area contributed by atoms with Gasteiger partial charge in [0.05, 0.1) is 4.90 Å². The Hall–Kier alpha value is -1.35. The molecule has 0 unspecified atom stereocenters. The lowest BCUT2D eigenvalue weighted by molar-refractivity contribution is 0.350. The van der Waals surface area contributed by atoms with Crippen molar-refractivity contribution in [2.45, 2.75) is 31.6 Å². The zero-order valence-corrected chi connectivity index (χ0v) is 13.3. The summed E-state index contributed by atoms with van der Waals surface area (Å²) in [6, 6.07) is 5.14. The van der Waals surface area contributed by atoms with E-state index in [1.165, 1.54) is 0 Å². The van der Waals surface area contributed by atoms with E-state index >= 15 is 0 Å². The predicted octanol–water partition coefficient (Wildman–Crippen LogP) is 1.76. The summed E-state index contributed by atoms with van der Waals surface area (Å²) in [6.45, 7) is 4.50. The van der Waals surface area contributed by atoms with E-state index in [0.29, 0.717) is 29.5 Å². The largest absolute Gasteiger partial charge is 0.384 e. The summed E-state index contributed by atoms with van der Waals surface area (Å²) in [7, 11) is -3.48. The Morgan fingerprint density at radius 1 is 1.38 bits per heavy atom. The topological polar surface area (TPSA) is 57.6 Å². The molecule has 114 valence electrons. The summed E-state index contributed by atoms with van der Waals surface area (Å²) >= 11 is 0. The zero-order valence-electron chi connectivity index (χ0n) is 12.5. The summed E-state index contributed by atoms with van der Waals surface area (Å²) in [5.74, 6) is 5.82. The molecule has 2 rings (SSSR count). The number of sulfonamides is 1. The molecule has 0 radical (unpaired) electrons. The zero-order chi connectivity index (χ0) is 15.5. The van der Waals surface area contributed by atoms with Crippen LogP contribution in [0.25, 0.3) is 0 Å². The summed E-state index contributed by atoms with van der Waals surface area (Å²) in [6.07, 6.45) is 2.24. The van der Waals surface area contributed by atoms with Crippen molar-refractivity contribution in [3.05, 3.63) is 29.3 Å². The number of benzene rings is 1. The molecule has 1 aromatic carbocycles. The van der Waals surface area contributed by atoms with Crippen molar-refractivity contribution in [2.75, 3.05) is 19.7 Å². The number of aliphatic hydroxyl groups excluding tert-OH is 1. The average molecular weight is 307 g/mol. The fourth-order valence-electron chi connectivity index (χ4n) is 2.22. The van der Waals surface area contributed by atoms with Crippen LogP contribution in [-0.2, 0) is 10.0 Å². The molecule has 0 aromatic heterocycles. The summed E-state index contributed by atoms with van der Waals surface area (Å²) in [5.41, 5.74) is 1.33. The molecule has 21 heavy (non-hydrogen) atoms. The van der Waals surface area contributed by atoms with Gasteiger partial charge in [0.25, 0.3) is 0 Å². The third-order valence-corrected chi connectivity index (χ3v) is 5.71. The van der Waals surface area contributed by atoms with Crippen LogP contribution in [0.5, 0.6) is 0 Å². The van der Waals surface area contributed by atoms with E-state index in [4.69, 9.17) is 5.11 Å². The van der Waals surface area contributed by atoms with Crippen LogP contribution in [-0.4, -0.2) is 37.5 Å². The Balaban J connectivity index is 2.37. The second-order valence-corrected chi connectivity index (χ2v) is 7.25. The first-order valence-corrected chi connectivity index (χ1v) is 8.63. The first-order valence-electron chi connectivity index (χ1n) is 7.19. The molecule has 0 amide bonds. The third kappa shape index (κ3) is 3.85. The Bertz CT molecular complexity index is 666. The van der Waals surface area contributed by atoms with Crippen molar-refractivity contribution in [3.8, 4) is 11.8 Å². The molecule has 1 N–H and O–H groups in total. The molecule has 0 atom stereocenters. The van der Waals surface area contributed by atoms with Crippen molar-refractivity contribution in [1.29, 1.82) is 0 Å². The maximum atomic E-state index is 12.8. The van der Waals surface area contributed by atoms with Crippen molar-refractivity contribution in [1.82, 2.24) is 4.31 Å². The fraction of sp³-hybridized carbons (Fsp3) is 0.500. The van der Waals surface area contributed by atoms with Crippen LogP contribution in [0.15, 0.2) is 23.1 Å². The monoisotopic (exact) mass is 307 g/mol. The number of aryl methyl sites for hydroxylation is 1. The molecule has 1 saturated carbocycles. The molecular formula is C16H21NO3S. The molecule has 0 spiro atoms. The van der Waals surface area contributed by atoms with Gasteiger partial charge in [-0.05, 0) is 43.4 Å². The fourth-order valence-corrected chi connectivity index (χ4v) is 4.00. The standard InChI is InChI=1S/C16H21NO3S/c1-3-17(12-15-8-9-15)21(19,20)16-11-14(5-4-10-18)7-6-13(16)2/h6-7,11,15,18H,3,8-10,12H2,1-2H3. The Kier molecular flexibility index (Phi) is 5.04. The quantitative estimate of drug-likeness (QED) is 0.843. The highest BCUT2D eigenvalue weighted by molar-refractivity contribution is 7.89. The second-order valence-electron chi connectivity index (χ2n) is 5.34. The predicted molar refractivity (Wildman–Crippen MR) is 82.3 cm³/mol. The molecule has 0 heterocycles. The number of hydrogen-bond donors (Lipinski definition) is 1. The Morgan fingerprint density at radius 2 is 2.10 bits per heavy atom. The van der Waals surface area contributed by atoms with E-state index in [-0.39, 0.29) is 6.61 Å². The van der Waals surface area contributed by atoms with Gasteiger partial charge in [-0.2, -0.15) is 4.31 Å². The average Bonchev–Trinajstić information content (AvgIpc) is 3.27. The molecule has 0 saturated heterocycles. The van der Waals surface area contributed by atoms with E-state index in [1.807, 2.05) is 6.92 Å². The number of rotatable bonds is 5. The Labute approximate surface area is 126 Å². The van der Waals surface area contributed by atoms with Gasteiger partial charge in [0.1, 0.15) is 6.61 Å². The maximum absolute atomic E-state index is 12.8. The van der Waals surface area contributed by atoms with Gasteiger partial charge in [-0.1, -0.05) is 24.8 Å². The van der Waals surface area contributed by atoms with Crippen molar-refractivity contribution in [3.63, 3.8) is 0 Å². The van der Waals surface area contributed by atoms with Crippen LogP contribution >= 0.6 is 0 Å². The second kappa shape index (κ2) is 6.61. The lowest BCUT2D eigenvalue weighted by Crippen LogP contribution is -2.33. The molecule has 4 nitrogen and oxygen atoms in total. The van der Waals surface area contributed by atoms with Gasteiger partial charge in [0.15, 0.2) is 0 Å². The van der Waals surface area contributed by atoms with E-state index in [2.05, 4.69) is 11.8 Å². The van der Waals surface area contributed by atoms with E-state index in [9.17, 15) is 8.42 Å². The van der Waals surface area contributed by atoms with Crippen molar-refractivity contribution in [2.24, 2.45) is 5.92 Å². The van der Waals surface area contributed by atoms with Crippen LogP contribution in [0.2, 0.25) is 0 Å². The number of aliphatic hydroxyl groups is 1. The van der Waals surface area contributed by atoms with Crippen LogP contribution in [0.1, 0.15) is 30.9 Å². The minimum atomic E-state index is -3.48. The van der Waals surface area contributed by atoms with Crippen LogP contribution in [0.4, 0.5) is 0 Å². The van der Waals surface area contributed by atoms with E-state index in [1.54, 1.807) is 29.4 Å². The molecule has 1 fully saturated rings. The highest BCUT2D eigenvalue weighted by Gasteiger charge is 2.31. The summed E-state index contributed by atoms with van der Waals surface area (Å²) in [5, 5.41) is 8.74. The lowest BCUT2D eigenvalue weighted by Gasteiger charge is -2.21. The van der Waals surface area contributed by atoms with Crippen molar-refractivity contribution >= 4 is 10.0 Å².